The highest BCUT2D eigenvalue weighted by Crippen LogP contribution is 2.23. The average molecular weight is 273 g/mol. The fourth-order valence-corrected chi connectivity index (χ4v) is 2.65. The zero-order valence-corrected chi connectivity index (χ0v) is 12.8. The maximum atomic E-state index is 6.00. The van der Waals surface area contributed by atoms with Gasteiger partial charge in [-0.3, -0.25) is 0 Å². The molecule has 2 nitrogen and oxygen atoms in total. The Bertz CT molecular complexity index is 410. The number of allylic oxidation sites excluding steroid dienone is 1. The Morgan fingerprint density at radius 1 is 1.25 bits per heavy atom. The summed E-state index contributed by atoms with van der Waals surface area (Å²) in [7, 11) is 0. The number of rotatable bonds is 7. The van der Waals surface area contributed by atoms with E-state index in [1.165, 1.54) is 24.8 Å². The van der Waals surface area contributed by atoms with Crippen molar-refractivity contribution in [3.63, 3.8) is 0 Å². The van der Waals surface area contributed by atoms with Crippen molar-refractivity contribution in [3.8, 4) is 5.75 Å². The second-order valence-electron chi connectivity index (χ2n) is 5.50. The first kappa shape index (κ1) is 15.1. The van der Waals surface area contributed by atoms with Crippen LogP contribution in [0.15, 0.2) is 36.4 Å². The second kappa shape index (κ2) is 8.11. The maximum Gasteiger partial charge on any atom is 0.120 e. The van der Waals surface area contributed by atoms with Crippen molar-refractivity contribution in [2.24, 2.45) is 0 Å². The molecular formula is C18H27NO. The van der Waals surface area contributed by atoms with Crippen LogP contribution in [-0.4, -0.2) is 12.6 Å². The summed E-state index contributed by atoms with van der Waals surface area (Å²) in [4.78, 5) is 0. The molecule has 0 aliphatic heterocycles. The molecule has 20 heavy (non-hydrogen) atoms. The predicted molar refractivity (Wildman–Crippen MR) is 85.2 cm³/mol. The molecule has 0 heterocycles. The quantitative estimate of drug-likeness (QED) is 0.732. The molecule has 0 saturated carbocycles. The summed E-state index contributed by atoms with van der Waals surface area (Å²) in [5.41, 5.74) is 1.35. The van der Waals surface area contributed by atoms with Gasteiger partial charge in [0.2, 0.25) is 0 Å². The fourth-order valence-electron chi connectivity index (χ4n) is 2.65. The fraction of sp³-hybridized carbons (Fsp3) is 0.556. The van der Waals surface area contributed by atoms with Gasteiger partial charge in [-0.25, -0.2) is 0 Å². The highest BCUT2D eigenvalue weighted by molar-refractivity contribution is 5.29. The Labute approximate surface area is 123 Å². The van der Waals surface area contributed by atoms with Gasteiger partial charge in [-0.05, 0) is 62.4 Å². The van der Waals surface area contributed by atoms with Gasteiger partial charge >= 0.3 is 0 Å². The van der Waals surface area contributed by atoms with E-state index in [4.69, 9.17) is 4.74 Å². The second-order valence-corrected chi connectivity index (χ2v) is 5.50. The van der Waals surface area contributed by atoms with E-state index < -0.39 is 0 Å². The van der Waals surface area contributed by atoms with E-state index in [2.05, 4.69) is 55.6 Å². The van der Waals surface area contributed by atoms with Gasteiger partial charge in [-0.2, -0.15) is 0 Å². The van der Waals surface area contributed by atoms with Crippen LogP contribution in [0.4, 0.5) is 0 Å². The minimum absolute atomic E-state index is 0.259. The first-order chi connectivity index (χ1) is 9.83. The molecule has 2 unspecified atom stereocenters. The molecule has 1 N–H and O–H groups in total. The minimum Gasteiger partial charge on any atom is -0.486 e. The molecule has 0 saturated heterocycles. The van der Waals surface area contributed by atoms with E-state index in [-0.39, 0.29) is 6.10 Å². The molecule has 1 aliphatic rings. The topological polar surface area (TPSA) is 21.3 Å². The van der Waals surface area contributed by atoms with Crippen molar-refractivity contribution in [2.45, 2.75) is 58.1 Å². The van der Waals surface area contributed by atoms with Gasteiger partial charge in [0.25, 0.3) is 0 Å². The van der Waals surface area contributed by atoms with Gasteiger partial charge < -0.3 is 10.1 Å². The Morgan fingerprint density at radius 3 is 2.65 bits per heavy atom. The molecule has 2 heteroatoms. The van der Waals surface area contributed by atoms with Crippen molar-refractivity contribution in [3.05, 3.63) is 42.0 Å². The monoisotopic (exact) mass is 273 g/mol. The van der Waals surface area contributed by atoms with E-state index >= 15 is 0 Å². The largest absolute Gasteiger partial charge is 0.486 e. The highest BCUT2D eigenvalue weighted by atomic mass is 16.5. The summed E-state index contributed by atoms with van der Waals surface area (Å²) in [6.45, 7) is 5.50. The Kier molecular flexibility index (Phi) is 6.13. The third kappa shape index (κ3) is 4.38. The van der Waals surface area contributed by atoms with Crippen LogP contribution in [0.2, 0.25) is 0 Å². The lowest BCUT2D eigenvalue weighted by Gasteiger charge is -2.20. The average Bonchev–Trinajstić information content (AvgIpc) is 2.50. The smallest absolute Gasteiger partial charge is 0.120 e. The van der Waals surface area contributed by atoms with Crippen molar-refractivity contribution in [1.82, 2.24) is 5.32 Å². The van der Waals surface area contributed by atoms with Crippen LogP contribution in [0.5, 0.6) is 5.75 Å². The van der Waals surface area contributed by atoms with Crippen LogP contribution in [0.25, 0.3) is 0 Å². The Hall–Kier alpha value is -1.28. The van der Waals surface area contributed by atoms with Gasteiger partial charge in [-0.15, -0.1) is 0 Å². The van der Waals surface area contributed by atoms with Crippen molar-refractivity contribution in [1.29, 1.82) is 0 Å². The van der Waals surface area contributed by atoms with Crippen molar-refractivity contribution >= 4 is 0 Å². The van der Waals surface area contributed by atoms with Crippen LogP contribution in [0.3, 0.4) is 0 Å². The molecule has 0 bridgehead atoms. The van der Waals surface area contributed by atoms with Crippen LogP contribution in [0, 0.1) is 0 Å². The lowest BCUT2D eigenvalue weighted by Crippen LogP contribution is -2.21. The van der Waals surface area contributed by atoms with E-state index in [1.54, 1.807) is 0 Å². The Balaban J connectivity index is 1.94. The van der Waals surface area contributed by atoms with Crippen LogP contribution >= 0.6 is 0 Å². The van der Waals surface area contributed by atoms with Gasteiger partial charge in [0.05, 0.1) is 0 Å². The number of benzene rings is 1. The molecule has 2 rings (SSSR count). The van der Waals surface area contributed by atoms with Gasteiger partial charge in [0.15, 0.2) is 0 Å². The number of hydrogen-bond donors (Lipinski definition) is 1. The van der Waals surface area contributed by atoms with Crippen LogP contribution in [0.1, 0.15) is 57.6 Å². The van der Waals surface area contributed by atoms with Crippen molar-refractivity contribution in [2.75, 3.05) is 6.54 Å². The van der Waals surface area contributed by atoms with E-state index in [0.717, 1.165) is 25.1 Å². The van der Waals surface area contributed by atoms with Gasteiger partial charge in [0.1, 0.15) is 11.9 Å². The molecule has 1 aromatic carbocycles. The zero-order chi connectivity index (χ0) is 14.2. The number of ether oxygens (including phenoxy) is 1. The molecule has 110 valence electrons. The molecule has 2 atom stereocenters. The zero-order valence-electron chi connectivity index (χ0n) is 12.8. The highest BCUT2D eigenvalue weighted by Gasteiger charge is 2.11. The molecule has 1 aromatic rings. The van der Waals surface area contributed by atoms with Crippen LogP contribution < -0.4 is 10.1 Å². The molecule has 0 aromatic heterocycles. The molecule has 0 radical (unpaired) electrons. The predicted octanol–water partition coefficient (Wildman–Crippen LogP) is 4.62. The first-order valence-electron chi connectivity index (χ1n) is 8.00. The summed E-state index contributed by atoms with van der Waals surface area (Å²) >= 11 is 0. The standard InChI is InChI=1S/C18H27NO/c1-3-14-19-18(4-2)15-10-12-17(13-11-15)20-16-8-6-5-7-9-16/h6,8,10-13,16,18-19H,3-5,7,9,14H2,1-2H3. The summed E-state index contributed by atoms with van der Waals surface area (Å²) in [5, 5.41) is 3.58. The molecule has 1 aliphatic carbocycles. The Morgan fingerprint density at radius 2 is 2.05 bits per heavy atom. The third-order valence-electron chi connectivity index (χ3n) is 3.83. The van der Waals surface area contributed by atoms with Gasteiger partial charge in [-0.1, -0.05) is 32.1 Å². The first-order valence-corrected chi connectivity index (χ1v) is 8.00. The lowest BCUT2D eigenvalue weighted by molar-refractivity contribution is 0.230. The van der Waals surface area contributed by atoms with E-state index in [9.17, 15) is 0 Å². The normalized spacial score (nSPS) is 19.8. The molecular weight excluding hydrogens is 246 g/mol. The summed E-state index contributed by atoms with van der Waals surface area (Å²) in [6.07, 6.45) is 10.5. The minimum atomic E-state index is 0.259. The SMILES string of the molecule is CCCNC(CC)c1ccc(OC2C=CCCC2)cc1. The maximum absolute atomic E-state index is 6.00. The third-order valence-corrected chi connectivity index (χ3v) is 3.83. The van der Waals surface area contributed by atoms with Gasteiger partial charge in [0, 0.05) is 6.04 Å². The van der Waals surface area contributed by atoms with Crippen LogP contribution in [-0.2, 0) is 0 Å². The molecule has 0 spiro atoms. The summed E-state index contributed by atoms with van der Waals surface area (Å²) in [5.74, 6) is 0.982. The summed E-state index contributed by atoms with van der Waals surface area (Å²) in [6, 6.07) is 9.05. The molecule has 0 amide bonds. The number of nitrogens with one attached hydrogen (secondary N) is 1. The van der Waals surface area contributed by atoms with E-state index in [0.29, 0.717) is 6.04 Å². The van der Waals surface area contributed by atoms with E-state index in [1.807, 2.05) is 0 Å². The van der Waals surface area contributed by atoms with Crippen molar-refractivity contribution < 1.29 is 4.74 Å². The number of hydrogen-bond acceptors (Lipinski definition) is 2. The lowest BCUT2D eigenvalue weighted by atomic mass is 10.0. The molecule has 0 fully saturated rings. The summed E-state index contributed by atoms with van der Waals surface area (Å²) < 4.78 is 6.00.